The molecule has 3 aromatic rings. The third-order valence-electron chi connectivity index (χ3n) is 3.73. The number of amides is 1. The number of nitrogens with zero attached hydrogens (tertiary/aromatic N) is 2. The Kier molecular flexibility index (Phi) is 5.03. The second-order valence-corrected chi connectivity index (χ2v) is 5.56. The quantitative estimate of drug-likeness (QED) is 0.733. The third-order valence-corrected chi connectivity index (χ3v) is 3.73. The molecule has 5 nitrogen and oxygen atoms in total. The lowest BCUT2D eigenvalue weighted by molar-refractivity contribution is 0.102. The van der Waals surface area contributed by atoms with Crippen molar-refractivity contribution in [3.8, 4) is 0 Å². The second kappa shape index (κ2) is 7.57. The van der Waals surface area contributed by atoms with Crippen molar-refractivity contribution in [2.75, 3.05) is 11.9 Å². The lowest BCUT2D eigenvalue weighted by Crippen LogP contribution is -2.12. The average molecular weight is 321 g/mol. The van der Waals surface area contributed by atoms with Gasteiger partial charge in [-0.2, -0.15) is 0 Å². The van der Waals surface area contributed by atoms with E-state index in [-0.39, 0.29) is 12.5 Å². The summed E-state index contributed by atoms with van der Waals surface area (Å²) in [5.41, 5.74) is 3.44. The molecule has 0 fully saturated rings. The molecule has 0 spiro atoms. The highest BCUT2D eigenvalue weighted by molar-refractivity contribution is 6.04. The van der Waals surface area contributed by atoms with E-state index in [9.17, 15) is 4.79 Å². The van der Waals surface area contributed by atoms with Gasteiger partial charge in [0.1, 0.15) is 0 Å². The summed E-state index contributed by atoms with van der Waals surface area (Å²) < 4.78 is 1.96. The second-order valence-electron chi connectivity index (χ2n) is 5.56. The van der Waals surface area contributed by atoms with Gasteiger partial charge in [-0.05, 0) is 41.8 Å². The summed E-state index contributed by atoms with van der Waals surface area (Å²) in [6, 6.07) is 15.0. The van der Waals surface area contributed by atoms with Crippen LogP contribution in [0.15, 0.2) is 67.3 Å². The van der Waals surface area contributed by atoms with E-state index >= 15 is 0 Å². The minimum absolute atomic E-state index is 0.120. The number of benzene rings is 2. The van der Waals surface area contributed by atoms with Crippen LogP contribution in [0.1, 0.15) is 21.5 Å². The normalized spacial score (nSPS) is 10.5. The molecule has 1 heterocycles. The zero-order chi connectivity index (χ0) is 16.8. The van der Waals surface area contributed by atoms with E-state index in [1.165, 1.54) is 0 Å². The first kappa shape index (κ1) is 16.0. The number of hydrogen-bond donors (Lipinski definition) is 2. The average Bonchev–Trinajstić information content (AvgIpc) is 3.10. The number of carbonyl (C=O) groups is 1. The standard InChI is InChI=1S/C19H19N3O2/c23-11-8-15-4-6-18(7-5-15)21-19(24)17-3-1-2-16(12-17)13-22-10-9-20-14-22/h1-7,9-10,12,14,23H,8,11,13H2,(H,21,24). The summed E-state index contributed by atoms with van der Waals surface area (Å²) in [4.78, 5) is 16.4. The van der Waals surface area contributed by atoms with E-state index < -0.39 is 0 Å². The van der Waals surface area contributed by atoms with Crippen molar-refractivity contribution in [3.05, 3.63) is 83.9 Å². The van der Waals surface area contributed by atoms with Crippen molar-refractivity contribution < 1.29 is 9.90 Å². The van der Waals surface area contributed by atoms with Crippen LogP contribution in [0.2, 0.25) is 0 Å². The molecular formula is C19H19N3O2. The molecule has 0 aliphatic heterocycles. The summed E-state index contributed by atoms with van der Waals surface area (Å²) in [6.07, 6.45) is 5.99. The zero-order valence-corrected chi connectivity index (χ0v) is 13.2. The van der Waals surface area contributed by atoms with Crippen LogP contribution in [0.25, 0.3) is 0 Å². The first-order valence-corrected chi connectivity index (χ1v) is 7.80. The molecule has 0 saturated heterocycles. The van der Waals surface area contributed by atoms with Crippen LogP contribution in [-0.4, -0.2) is 27.2 Å². The number of anilines is 1. The van der Waals surface area contributed by atoms with Crippen LogP contribution in [0.3, 0.4) is 0 Å². The van der Waals surface area contributed by atoms with Crippen molar-refractivity contribution in [2.24, 2.45) is 0 Å². The lowest BCUT2D eigenvalue weighted by Gasteiger charge is -2.08. The molecular weight excluding hydrogens is 302 g/mol. The van der Waals surface area contributed by atoms with Crippen LogP contribution in [0, 0.1) is 0 Å². The van der Waals surface area contributed by atoms with E-state index in [1.807, 2.05) is 53.2 Å². The highest BCUT2D eigenvalue weighted by Gasteiger charge is 2.07. The fourth-order valence-corrected chi connectivity index (χ4v) is 2.49. The Morgan fingerprint density at radius 3 is 2.67 bits per heavy atom. The number of aliphatic hydroxyl groups is 1. The zero-order valence-electron chi connectivity index (χ0n) is 13.2. The van der Waals surface area contributed by atoms with Gasteiger partial charge in [0.15, 0.2) is 0 Å². The van der Waals surface area contributed by atoms with Crippen LogP contribution < -0.4 is 5.32 Å². The van der Waals surface area contributed by atoms with Crippen LogP contribution in [0.5, 0.6) is 0 Å². The van der Waals surface area contributed by atoms with Crippen molar-refractivity contribution in [1.82, 2.24) is 9.55 Å². The van der Waals surface area contributed by atoms with Gasteiger partial charge in [-0.1, -0.05) is 24.3 Å². The van der Waals surface area contributed by atoms with Gasteiger partial charge >= 0.3 is 0 Å². The Hall–Kier alpha value is -2.92. The van der Waals surface area contributed by atoms with Gasteiger partial charge in [0.2, 0.25) is 0 Å². The summed E-state index contributed by atoms with van der Waals surface area (Å²) in [6.45, 7) is 0.798. The van der Waals surface area contributed by atoms with Crippen molar-refractivity contribution in [2.45, 2.75) is 13.0 Å². The molecule has 1 aromatic heterocycles. The fraction of sp³-hybridized carbons (Fsp3) is 0.158. The molecule has 1 amide bonds. The Labute approximate surface area is 140 Å². The minimum atomic E-state index is -0.141. The van der Waals surface area contributed by atoms with Gasteiger partial charge in [0.25, 0.3) is 5.91 Å². The lowest BCUT2D eigenvalue weighted by atomic mass is 10.1. The number of nitrogens with one attached hydrogen (secondary N) is 1. The van der Waals surface area contributed by atoms with E-state index in [0.29, 0.717) is 18.5 Å². The van der Waals surface area contributed by atoms with Gasteiger partial charge < -0.3 is 15.0 Å². The largest absolute Gasteiger partial charge is 0.396 e. The molecule has 0 aliphatic carbocycles. The van der Waals surface area contributed by atoms with Gasteiger partial charge in [-0.3, -0.25) is 4.79 Å². The SMILES string of the molecule is O=C(Nc1ccc(CCO)cc1)c1cccc(Cn2ccnc2)c1. The molecule has 2 aromatic carbocycles. The highest BCUT2D eigenvalue weighted by Crippen LogP contribution is 2.13. The first-order valence-electron chi connectivity index (χ1n) is 7.80. The predicted octanol–water partition coefficient (Wildman–Crippen LogP) is 2.72. The highest BCUT2D eigenvalue weighted by atomic mass is 16.3. The van der Waals surface area contributed by atoms with E-state index in [2.05, 4.69) is 10.3 Å². The minimum Gasteiger partial charge on any atom is -0.396 e. The number of aromatic nitrogens is 2. The van der Waals surface area contributed by atoms with Crippen molar-refractivity contribution in [1.29, 1.82) is 0 Å². The molecule has 0 unspecified atom stereocenters. The van der Waals surface area contributed by atoms with E-state index in [1.54, 1.807) is 18.6 Å². The molecule has 2 N–H and O–H groups in total. The van der Waals surface area contributed by atoms with Gasteiger partial charge in [-0.25, -0.2) is 4.98 Å². The molecule has 5 heteroatoms. The Morgan fingerprint density at radius 2 is 1.96 bits per heavy atom. The fourth-order valence-electron chi connectivity index (χ4n) is 2.49. The molecule has 3 rings (SSSR count). The molecule has 0 saturated carbocycles. The molecule has 122 valence electrons. The molecule has 24 heavy (non-hydrogen) atoms. The van der Waals surface area contributed by atoms with Crippen LogP contribution in [0.4, 0.5) is 5.69 Å². The van der Waals surface area contributed by atoms with Crippen molar-refractivity contribution >= 4 is 11.6 Å². The smallest absolute Gasteiger partial charge is 0.255 e. The van der Waals surface area contributed by atoms with Gasteiger partial charge in [0.05, 0.1) is 6.33 Å². The monoisotopic (exact) mass is 321 g/mol. The summed E-state index contributed by atoms with van der Waals surface area (Å²) in [7, 11) is 0. The Morgan fingerprint density at radius 1 is 1.12 bits per heavy atom. The molecule has 0 aliphatic rings. The number of carbonyl (C=O) groups excluding carboxylic acids is 1. The van der Waals surface area contributed by atoms with Gasteiger partial charge in [-0.15, -0.1) is 0 Å². The third kappa shape index (κ3) is 4.08. The molecule has 0 radical (unpaired) electrons. The van der Waals surface area contributed by atoms with Crippen molar-refractivity contribution in [3.63, 3.8) is 0 Å². The van der Waals surface area contributed by atoms with Crippen LogP contribution >= 0.6 is 0 Å². The maximum atomic E-state index is 12.4. The number of rotatable bonds is 6. The molecule has 0 bridgehead atoms. The topological polar surface area (TPSA) is 67.2 Å². The Balaban J connectivity index is 1.68. The van der Waals surface area contributed by atoms with Gasteiger partial charge in [0, 0.05) is 36.8 Å². The Bertz CT molecular complexity index is 796. The first-order chi connectivity index (χ1) is 11.7. The predicted molar refractivity (Wildman–Crippen MR) is 93.0 cm³/mol. The number of aliphatic hydroxyl groups excluding tert-OH is 1. The summed E-state index contributed by atoms with van der Waals surface area (Å²) in [5, 5.41) is 11.8. The van der Waals surface area contributed by atoms with E-state index in [0.717, 1.165) is 16.8 Å². The maximum absolute atomic E-state index is 12.4. The summed E-state index contributed by atoms with van der Waals surface area (Å²) >= 11 is 0. The number of hydrogen-bond acceptors (Lipinski definition) is 3. The maximum Gasteiger partial charge on any atom is 0.255 e. The summed E-state index contributed by atoms with van der Waals surface area (Å²) in [5.74, 6) is -0.141. The molecule has 0 atom stereocenters. The van der Waals surface area contributed by atoms with Crippen LogP contribution in [-0.2, 0) is 13.0 Å². The number of imidazole rings is 1. The van der Waals surface area contributed by atoms with E-state index in [4.69, 9.17) is 5.11 Å².